The van der Waals surface area contributed by atoms with Crippen LogP contribution in [0.15, 0.2) is 41.4 Å². The zero-order valence-electron chi connectivity index (χ0n) is 16.9. The van der Waals surface area contributed by atoms with Gasteiger partial charge in [0.2, 0.25) is 0 Å². The molecule has 0 unspecified atom stereocenters. The van der Waals surface area contributed by atoms with Gasteiger partial charge in [-0.05, 0) is 38.9 Å². The lowest BCUT2D eigenvalue weighted by molar-refractivity contribution is 0.221. The molecule has 0 spiro atoms. The molecule has 1 aromatic carbocycles. The zero-order chi connectivity index (χ0) is 18.6. The van der Waals surface area contributed by atoms with Crippen LogP contribution in [0.5, 0.6) is 5.75 Å². The highest BCUT2D eigenvalue weighted by molar-refractivity contribution is 14.0. The molecule has 6 heteroatoms. The SMILES string of the molecule is CCNC(=NCc1ccccc1OCCN(CC)CC)NC1CC=CC1.I. The molecular weight excluding hydrogens is 451 g/mol. The number of para-hydroxylation sites is 1. The number of nitrogens with zero attached hydrogens (tertiary/aromatic N) is 2. The van der Waals surface area contributed by atoms with Crippen LogP contribution in [0, 0.1) is 0 Å². The maximum Gasteiger partial charge on any atom is 0.191 e. The summed E-state index contributed by atoms with van der Waals surface area (Å²) in [7, 11) is 0. The summed E-state index contributed by atoms with van der Waals surface area (Å²) in [5.41, 5.74) is 1.12. The van der Waals surface area contributed by atoms with E-state index in [1.165, 1.54) is 0 Å². The third-order valence-electron chi connectivity index (χ3n) is 4.63. The van der Waals surface area contributed by atoms with Gasteiger partial charge in [-0.2, -0.15) is 0 Å². The van der Waals surface area contributed by atoms with Crippen LogP contribution >= 0.6 is 24.0 Å². The second kappa shape index (κ2) is 13.8. The van der Waals surface area contributed by atoms with Crippen molar-refractivity contribution in [2.24, 2.45) is 4.99 Å². The van der Waals surface area contributed by atoms with Crippen molar-refractivity contribution >= 4 is 29.9 Å². The first-order valence-corrected chi connectivity index (χ1v) is 9.89. The zero-order valence-corrected chi connectivity index (χ0v) is 19.2. The smallest absolute Gasteiger partial charge is 0.191 e. The van der Waals surface area contributed by atoms with Gasteiger partial charge in [-0.3, -0.25) is 0 Å². The fourth-order valence-electron chi connectivity index (χ4n) is 3.01. The lowest BCUT2D eigenvalue weighted by Gasteiger charge is -2.19. The largest absolute Gasteiger partial charge is 0.492 e. The maximum atomic E-state index is 6.04. The van der Waals surface area contributed by atoms with Crippen LogP contribution in [-0.2, 0) is 6.54 Å². The molecule has 0 aromatic heterocycles. The normalized spacial score (nSPS) is 14.3. The highest BCUT2D eigenvalue weighted by Crippen LogP contribution is 2.19. The van der Waals surface area contributed by atoms with Crippen molar-refractivity contribution in [1.82, 2.24) is 15.5 Å². The number of aliphatic imine (C=N–C) groups is 1. The molecule has 5 nitrogen and oxygen atoms in total. The lowest BCUT2D eigenvalue weighted by atomic mass is 10.2. The maximum absolute atomic E-state index is 6.04. The molecular formula is C21H35IN4O. The molecule has 0 saturated heterocycles. The number of halogens is 1. The Hall–Kier alpha value is -1.28. The molecule has 1 aliphatic carbocycles. The van der Waals surface area contributed by atoms with E-state index in [0.717, 1.165) is 56.3 Å². The topological polar surface area (TPSA) is 48.9 Å². The van der Waals surface area contributed by atoms with Crippen LogP contribution in [0.25, 0.3) is 0 Å². The number of nitrogens with one attached hydrogen (secondary N) is 2. The van der Waals surface area contributed by atoms with Crippen molar-refractivity contribution < 1.29 is 4.74 Å². The second-order valence-corrected chi connectivity index (χ2v) is 6.46. The molecule has 0 fully saturated rings. The molecule has 27 heavy (non-hydrogen) atoms. The molecule has 0 aliphatic heterocycles. The van der Waals surface area contributed by atoms with Crippen LogP contribution in [-0.4, -0.2) is 49.7 Å². The van der Waals surface area contributed by atoms with Gasteiger partial charge < -0.3 is 20.3 Å². The van der Waals surface area contributed by atoms with Gasteiger partial charge in [-0.15, -0.1) is 24.0 Å². The van der Waals surface area contributed by atoms with Crippen LogP contribution in [0.2, 0.25) is 0 Å². The third kappa shape index (κ3) is 8.51. The number of likely N-dealkylation sites (N-methyl/N-ethyl adjacent to an activating group) is 1. The molecule has 0 atom stereocenters. The Bertz CT molecular complexity index is 579. The van der Waals surface area contributed by atoms with E-state index in [4.69, 9.17) is 9.73 Å². The van der Waals surface area contributed by atoms with Crippen molar-refractivity contribution in [1.29, 1.82) is 0 Å². The van der Waals surface area contributed by atoms with E-state index < -0.39 is 0 Å². The number of ether oxygens (including phenoxy) is 1. The Morgan fingerprint density at radius 3 is 2.52 bits per heavy atom. The lowest BCUT2D eigenvalue weighted by Crippen LogP contribution is -2.42. The van der Waals surface area contributed by atoms with Crippen molar-refractivity contribution in [2.75, 3.05) is 32.8 Å². The van der Waals surface area contributed by atoms with Crippen molar-refractivity contribution in [3.8, 4) is 5.75 Å². The monoisotopic (exact) mass is 486 g/mol. The summed E-state index contributed by atoms with van der Waals surface area (Å²) in [6.07, 6.45) is 6.57. The van der Waals surface area contributed by atoms with Gasteiger partial charge in [0.15, 0.2) is 5.96 Å². The molecule has 0 bridgehead atoms. The summed E-state index contributed by atoms with van der Waals surface area (Å²) in [4.78, 5) is 7.12. The van der Waals surface area contributed by atoms with Gasteiger partial charge in [0.1, 0.15) is 12.4 Å². The van der Waals surface area contributed by atoms with E-state index in [-0.39, 0.29) is 24.0 Å². The standard InChI is InChI=1S/C21H34N4O.HI/c1-4-22-21(24-19-12-8-9-13-19)23-17-18-11-7-10-14-20(18)26-16-15-25(5-2)6-3;/h7-11,14,19H,4-6,12-13,15-17H2,1-3H3,(H2,22,23,24);1H. The van der Waals surface area contributed by atoms with Crippen molar-refractivity contribution in [3.63, 3.8) is 0 Å². The average molecular weight is 486 g/mol. The molecule has 2 rings (SSSR count). The third-order valence-corrected chi connectivity index (χ3v) is 4.63. The fraction of sp³-hybridized carbons (Fsp3) is 0.571. The molecule has 2 N–H and O–H groups in total. The average Bonchev–Trinajstić information content (AvgIpc) is 3.17. The first-order valence-electron chi connectivity index (χ1n) is 9.89. The molecule has 1 aromatic rings. The number of hydrogen-bond donors (Lipinski definition) is 2. The molecule has 0 heterocycles. The Labute approximate surface area is 181 Å². The summed E-state index contributed by atoms with van der Waals surface area (Å²) in [6, 6.07) is 8.65. The first-order chi connectivity index (χ1) is 12.8. The summed E-state index contributed by atoms with van der Waals surface area (Å²) >= 11 is 0. The Morgan fingerprint density at radius 2 is 1.85 bits per heavy atom. The molecule has 0 radical (unpaired) electrons. The Kier molecular flexibility index (Phi) is 12.2. The van der Waals surface area contributed by atoms with Crippen LogP contribution in [0.4, 0.5) is 0 Å². The van der Waals surface area contributed by atoms with Gasteiger partial charge in [0.25, 0.3) is 0 Å². The number of guanidine groups is 1. The number of rotatable bonds is 10. The van der Waals surface area contributed by atoms with E-state index >= 15 is 0 Å². The molecule has 1 aliphatic rings. The van der Waals surface area contributed by atoms with Gasteiger partial charge >= 0.3 is 0 Å². The summed E-state index contributed by atoms with van der Waals surface area (Å²) in [6.45, 7) is 11.7. The van der Waals surface area contributed by atoms with Crippen molar-refractivity contribution in [2.45, 2.75) is 46.2 Å². The Morgan fingerprint density at radius 1 is 1.15 bits per heavy atom. The van der Waals surface area contributed by atoms with Gasteiger partial charge in [0, 0.05) is 24.7 Å². The highest BCUT2D eigenvalue weighted by Gasteiger charge is 2.12. The predicted molar refractivity (Wildman–Crippen MR) is 125 cm³/mol. The van der Waals surface area contributed by atoms with E-state index in [1.54, 1.807) is 0 Å². The van der Waals surface area contributed by atoms with Gasteiger partial charge in [0.05, 0.1) is 6.54 Å². The molecule has 0 amide bonds. The Balaban J connectivity index is 0.00000364. The van der Waals surface area contributed by atoms with E-state index in [1.807, 2.05) is 18.2 Å². The highest BCUT2D eigenvalue weighted by atomic mass is 127. The van der Waals surface area contributed by atoms with Crippen LogP contribution in [0.3, 0.4) is 0 Å². The minimum atomic E-state index is 0. The van der Waals surface area contributed by atoms with Crippen molar-refractivity contribution in [3.05, 3.63) is 42.0 Å². The number of hydrogen-bond acceptors (Lipinski definition) is 3. The van der Waals surface area contributed by atoms with Crippen LogP contribution < -0.4 is 15.4 Å². The predicted octanol–water partition coefficient (Wildman–Crippen LogP) is 3.80. The molecule has 152 valence electrons. The van der Waals surface area contributed by atoms with Crippen LogP contribution in [0.1, 0.15) is 39.2 Å². The fourth-order valence-corrected chi connectivity index (χ4v) is 3.01. The number of benzene rings is 1. The first kappa shape index (κ1) is 23.8. The van der Waals surface area contributed by atoms with Gasteiger partial charge in [-0.25, -0.2) is 4.99 Å². The van der Waals surface area contributed by atoms with E-state index in [2.05, 4.69) is 54.5 Å². The molecule has 0 saturated carbocycles. The summed E-state index contributed by atoms with van der Waals surface area (Å²) in [5, 5.41) is 6.84. The van der Waals surface area contributed by atoms with Gasteiger partial charge in [-0.1, -0.05) is 44.2 Å². The minimum Gasteiger partial charge on any atom is -0.492 e. The quantitative estimate of drug-likeness (QED) is 0.229. The second-order valence-electron chi connectivity index (χ2n) is 6.46. The van der Waals surface area contributed by atoms with E-state index in [9.17, 15) is 0 Å². The van der Waals surface area contributed by atoms with E-state index in [0.29, 0.717) is 19.2 Å². The summed E-state index contributed by atoms with van der Waals surface area (Å²) in [5.74, 6) is 1.81. The summed E-state index contributed by atoms with van der Waals surface area (Å²) < 4.78 is 6.04. The minimum absolute atomic E-state index is 0.